The third-order valence-corrected chi connectivity index (χ3v) is 4.54. The van der Waals surface area contributed by atoms with Gasteiger partial charge in [0.2, 0.25) is 5.91 Å². The summed E-state index contributed by atoms with van der Waals surface area (Å²) in [6, 6.07) is 12.1. The SMILES string of the molecule is NC(=O)C(c1ccccc1)N1CCN(c2cc(F)ccc2[N+](=O)[O-])CC1. The summed E-state index contributed by atoms with van der Waals surface area (Å²) in [6.07, 6.45) is 0. The molecule has 0 saturated carbocycles. The lowest BCUT2D eigenvalue weighted by molar-refractivity contribution is -0.384. The number of amides is 1. The summed E-state index contributed by atoms with van der Waals surface area (Å²) in [5.41, 5.74) is 6.53. The van der Waals surface area contributed by atoms with Crippen molar-refractivity contribution in [2.24, 2.45) is 5.73 Å². The number of benzene rings is 2. The average molecular weight is 358 g/mol. The molecule has 1 heterocycles. The Balaban J connectivity index is 1.78. The standard InChI is InChI=1S/C18H19FN4O3/c19-14-6-7-15(23(25)26)16(12-14)21-8-10-22(11-9-21)17(18(20)24)13-4-2-1-3-5-13/h1-7,12,17H,8-11H2,(H2,20,24). The topological polar surface area (TPSA) is 92.7 Å². The molecule has 1 fully saturated rings. The van der Waals surface area contributed by atoms with Crippen LogP contribution in [0.2, 0.25) is 0 Å². The smallest absolute Gasteiger partial charge is 0.292 e. The highest BCUT2D eigenvalue weighted by Crippen LogP contribution is 2.31. The molecule has 2 aromatic rings. The number of hydrogen-bond acceptors (Lipinski definition) is 5. The first-order chi connectivity index (χ1) is 12.5. The molecular formula is C18H19FN4O3. The molecule has 7 nitrogen and oxygen atoms in total. The first-order valence-corrected chi connectivity index (χ1v) is 8.24. The minimum atomic E-state index is -0.555. The molecule has 8 heteroatoms. The fraction of sp³-hybridized carbons (Fsp3) is 0.278. The minimum absolute atomic E-state index is 0.130. The van der Waals surface area contributed by atoms with E-state index in [1.807, 2.05) is 35.2 Å². The number of primary amides is 1. The first kappa shape index (κ1) is 17.8. The Morgan fingerprint density at radius 3 is 2.35 bits per heavy atom. The average Bonchev–Trinajstić information content (AvgIpc) is 2.63. The quantitative estimate of drug-likeness (QED) is 0.652. The van der Waals surface area contributed by atoms with Crippen LogP contribution in [0.1, 0.15) is 11.6 Å². The number of hydrogen-bond donors (Lipinski definition) is 1. The lowest BCUT2D eigenvalue weighted by Gasteiger charge is -2.39. The first-order valence-electron chi connectivity index (χ1n) is 8.24. The molecule has 1 unspecified atom stereocenters. The molecule has 1 aliphatic heterocycles. The molecule has 1 atom stereocenters. The molecule has 1 saturated heterocycles. The van der Waals surface area contributed by atoms with E-state index >= 15 is 0 Å². The highest BCUT2D eigenvalue weighted by molar-refractivity contribution is 5.81. The van der Waals surface area contributed by atoms with Crippen LogP contribution in [-0.4, -0.2) is 41.9 Å². The van der Waals surface area contributed by atoms with Gasteiger partial charge in [0.15, 0.2) is 0 Å². The molecule has 0 spiro atoms. The van der Waals surface area contributed by atoms with Crippen molar-refractivity contribution < 1.29 is 14.1 Å². The van der Waals surface area contributed by atoms with E-state index in [-0.39, 0.29) is 11.4 Å². The summed E-state index contributed by atoms with van der Waals surface area (Å²) >= 11 is 0. The normalized spacial score (nSPS) is 16.3. The summed E-state index contributed by atoms with van der Waals surface area (Å²) in [5.74, 6) is -0.964. The van der Waals surface area contributed by atoms with Crippen LogP contribution in [-0.2, 0) is 4.79 Å². The molecule has 2 N–H and O–H groups in total. The predicted octanol–water partition coefficient (Wildman–Crippen LogP) is 2.08. The molecule has 1 amide bonds. The van der Waals surface area contributed by atoms with Crippen LogP contribution < -0.4 is 10.6 Å². The summed E-state index contributed by atoms with van der Waals surface area (Å²) < 4.78 is 13.6. The number of nitro benzene ring substituents is 1. The van der Waals surface area contributed by atoms with Gasteiger partial charge in [-0.1, -0.05) is 30.3 Å². The predicted molar refractivity (Wildman–Crippen MR) is 95.2 cm³/mol. The van der Waals surface area contributed by atoms with Gasteiger partial charge in [-0.15, -0.1) is 0 Å². The molecule has 0 bridgehead atoms. The summed E-state index contributed by atoms with van der Waals surface area (Å²) in [5, 5.41) is 11.2. The van der Waals surface area contributed by atoms with Crippen LogP contribution in [0.4, 0.5) is 15.8 Å². The number of carbonyl (C=O) groups is 1. The molecule has 2 aromatic carbocycles. The monoisotopic (exact) mass is 358 g/mol. The van der Waals surface area contributed by atoms with Gasteiger partial charge in [0.1, 0.15) is 17.5 Å². The third-order valence-electron chi connectivity index (χ3n) is 4.54. The van der Waals surface area contributed by atoms with E-state index in [4.69, 9.17) is 5.73 Å². The maximum Gasteiger partial charge on any atom is 0.292 e. The summed E-state index contributed by atoms with van der Waals surface area (Å²) in [6.45, 7) is 1.83. The molecule has 0 aliphatic carbocycles. The van der Waals surface area contributed by atoms with Crippen molar-refractivity contribution in [3.8, 4) is 0 Å². The highest BCUT2D eigenvalue weighted by Gasteiger charge is 2.30. The molecule has 26 heavy (non-hydrogen) atoms. The number of piperazine rings is 1. The second-order valence-electron chi connectivity index (χ2n) is 6.13. The Labute approximate surface area is 150 Å². The van der Waals surface area contributed by atoms with E-state index in [0.29, 0.717) is 26.2 Å². The van der Waals surface area contributed by atoms with Gasteiger partial charge in [-0.2, -0.15) is 0 Å². The lowest BCUT2D eigenvalue weighted by Crippen LogP contribution is -2.50. The van der Waals surface area contributed by atoms with Crippen molar-refractivity contribution in [2.75, 3.05) is 31.1 Å². The van der Waals surface area contributed by atoms with Crippen LogP contribution in [0.3, 0.4) is 0 Å². The van der Waals surface area contributed by atoms with E-state index in [1.165, 1.54) is 12.1 Å². The Bertz CT molecular complexity index is 807. The van der Waals surface area contributed by atoms with Gasteiger partial charge >= 0.3 is 0 Å². The van der Waals surface area contributed by atoms with Crippen LogP contribution >= 0.6 is 0 Å². The second-order valence-corrected chi connectivity index (χ2v) is 6.13. The zero-order valence-corrected chi connectivity index (χ0v) is 14.0. The molecule has 0 radical (unpaired) electrons. The maximum atomic E-state index is 13.6. The Hall–Kier alpha value is -3.00. The van der Waals surface area contributed by atoms with Crippen molar-refractivity contribution in [1.29, 1.82) is 0 Å². The highest BCUT2D eigenvalue weighted by atomic mass is 19.1. The zero-order valence-electron chi connectivity index (χ0n) is 14.0. The van der Waals surface area contributed by atoms with E-state index in [9.17, 15) is 19.3 Å². The summed E-state index contributed by atoms with van der Waals surface area (Å²) in [7, 11) is 0. The maximum absolute atomic E-state index is 13.6. The lowest BCUT2D eigenvalue weighted by atomic mass is 10.0. The van der Waals surface area contributed by atoms with Crippen molar-refractivity contribution in [2.45, 2.75) is 6.04 Å². The molecule has 0 aromatic heterocycles. The van der Waals surface area contributed by atoms with Crippen LogP contribution in [0.15, 0.2) is 48.5 Å². The van der Waals surface area contributed by atoms with Crippen molar-refractivity contribution in [3.05, 3.63) is 70.0 Å². The largest absolute Gasteiger partial charge is 0.368 e. The van der Waals surface area contributed by atoms with Gasteiger partial charge in [-0.25, -0.2) is 4.39 Å². The summed E-state index contributed by atoms with van der Waals surface area (Å²) in [4.78, 5) is 26.4. The van der Waals surface area contributed by atoms with Gasteiger partial charge in [0.25, 0.3) is 5.69 Å². The number of carbonyl (C=O) groups excluding carboxylic acids is 1. The van der Waals surface area contributed by atoms with Gasteiger partial charge in [0.05, 0.1) is 4.92 Å². The van der Waals surface area contributed by atoms with E-state index in [1.54, 1.807) is 4.90 Å². The van der Waals surface area contributed by atoms with Crippen molar-refractivity contribution >= 4 is 17.3 Å². The third kappa shape index (κ3) is 3.65. The van der Waals surface area contributed by atoms with Gasteiger partial charge < -0.3 is 10.6 Å². The minimum Gasteiger partial charge on any atom is -0.368 e. The van der Waals surface area contributed by atoms with Crippen molar-refractivity contribution in [1.82, 2.24) is 4.90 Å². The van der Waals surface area contributed by atoms with Gasteiger partial charge in [-0.05, 0) is 11.6 Å². The Kier molecular flexibility index (Phi) is 5.13. The van der Waals surface area contributed by atoms with Crippen LogP contribution in [0.5, 0.6) is 0 Å². The second kappa shape index (κ2) is 7.49. The number of anilines is 1. The molecular weight excluding hydrogens is 339 g/mol. The number of nitro groups is 1. The zero-order chi connectivity index (χ0) is 18.7. The van der Waals surface area contributed by atoms with Gasteiger partial charge in [-0.3, -0.25) is 19.8 Å². The number of nitrogens with two attached hydrogens (primary N) is 1. The molecule has 136 valence electrons. The fourth-order valence-corrected chi connectivity index (χ4v) is 3.32. The Morgan fingerprint density at radius 1 is 1.12 bits per heavy atom. The number of halogens is 1. The Morgan fingerprint density at radius 2 is 1.77 bits per heavy atom. The van der Waals surface area contributed by atoms with Crippen molar-refractivity contribution in [3.63, 3.8) is 0 Å². The van der Waals surface area contributed by atoms with Gasteiger partial charge in [0, 0.05) is 38.3 Å². The molecule has 3 rings (SSSR count). The fourth-order valence-electron chi connectivity index (χ4n) is 3.32. The van der Waals surface area contributed by atoms with E-state index < -0.39 is 22.7 Å². The van der Waals surface area contributed by atoms with Crippen LogP contribution in [0, 0.1) is 15.9 Å². The number of nitrogens with zero attached hydrogens (tertiary/aromatic N) is 3. The number of rotatable bonds is 5. The molecule has 1 aliphatic rings. The van der Waals surface area contributed by atoms with E-state index in [0.717, 1.165) is 11.6 Å². The van der Waals surface area contributed by atoms with E-state index in [2.05, 4.69) is 0 Å². The van der Waals surface area contributed by atoms with Crippen LogP contribution in [0.25, 0.3) is 0 Å².